The van der Waals surface area contributed by atoms with Gasteiger partial charge in [-0.2, -0.15) is 11.8 Å². The number of thioether (sulfide) groups is 2. The number of ketones is 1. The van der Waals surface area contributed by atoms with Gasteiger partial charge in [0.25, 0.3) is 0 Å². The quantitative estimate of drug-likeness (QED) is 0.798. The molecule has 1 heterocycles. The van der Waals surface area contributed by atoms with Crippen molar-refractivity contribution in [3.63, 3.8) is 0 Å². The van der Waals surface area contributed by atoms with Gasteiger partial charge in [-0.05, 0) is 23.0 Å². The molecule has 1 aliphatic heterocycles. The molecule has 2 rings (SSSR count). The maximum Gasteiger partial charge on any atom is 0.151 e. The van der Waals surface area contributed by atoms with Gasteiger partial charge in [-0.3, -0.25) is 4.79 Å². The van der Waals surface area contributed by atoms with E-state index in [2.05, 4.69) is 52.0 Å². The van der Waals surface area contributed by atoms with Crippen LogP contribution in [0.1, 0.15) is 45.2 Å². The van der Waals surface area contributed by atoms with Gasteiger partial charge in [0.15, 0.2) is 5.78 Å². The van der Waals surface area contributed by atoms with Crippen LogP contribution in [0.5, 0.6) is 0 Å². The largest absolute Gasteiger partial charge is 0.298 e. The number of rotatable bonds is 4. The zero-order chi connectivity index (χ0) is 15.5. The van der Waals surface area contributed by atoms with Crippen molar-refractivity contribution in [3.8, 4) is 0 Å². The Labute approximate surface area is 137 Å². The first kappa shape index (κ1) is 17.0. The smallest absolute Gasteiger partial charge is 0.151 e. The molecule has 21 heavy (non-hydrogen) atoms. The predicted octanol–water partition coefficient (Wildman–Crippen LogP) is 4.72. The lowest BCUT2D eigenvalue weighted by Crippen LogP contribution is -2.33. The molecule has 0 saturated carbocycles. The van der Waals surface area contributed by atoms with E-state index < -0.39 is 0 Å². The third-order valence-corrected chi connectivity index (χ3v) is 7.26. The number of carbonyl (C=O) groups excluding carboxylic acids is 1. The Bertz CT molecular complexity index is 473. The Morgan fingerprint density at radius 1 is 1.14 bits per heavy atom. The molecular weight excluding hydrogens is 296 g/mol. The fraction of sp³-hybridized carbons (Fsp3) is 0.611. The van der Waals surface area contributed by atoms with Gasteiger partial charge in [0.1, 0.15) is 0 Å². The first-order valence-corrected chi connectivity index (χ1v) is 9.87. The van der Waals surface area contributed by atoms with Crippen molar-refractivity contribution in [2.24, 2.45) is 0 Å². The van der Waals surface area contributed by atoms with E-state index in [1.807, 2.05) is 23.5 Å². The normalized spacial score (nSPS) is 23.0. The molecule has 0 aromatic heterocycles. The van der Waals surface area contributed by atoms with E-state index in [1.165, 1.54) is 11.3 Å². The molecule has 1 aromatic rings. The monoisotopic (exact) mass is 322 g/mol. The average molecular weight is 323 g/mol. The maximum atomic E-state index is 12.6. The van der Waals surface area contributed by atoms with Crippen molar-refractivity contribution in [2.75, 3.05) is 11.5 Å². The zero-order valence-electron chi connectivity index (χ0n) is 13.5. The van der Waals surface area contributed by atoms with Crippen LogP contribution in [0.25, 0.3) is 0 Å². The van der Waals surface area contributed by atoms with Gasteiger partial charge >= 0.3 is 0 Å². The van der Waals surface area contributed by atoms with E-state index >= 15 is 0 Å². The molecule has 1 aromatic carbocycles. The topological polar surface area (TPSA) is 17.1 Å². The second-order valence-electron chi connectivity index (χ2n) is 6.70. The van der Waals surface area contributed by atoms with Gasteiger partial charge in [0, 0.05) is 23.2 Å². The molecule has 2 unspecified atom stereocenters. The highest BCUT2D eigenvalue weighted by molar-refractivity contribution is 8.07. The summed E-state index contributed by atoms with van der Waals surface area (Å²) < 4.78 is 0. The summed E-state index contributed by atoms with van der Waals surface area (Å²) in [5.74, 6) is 2.70. The Balaban J connectivity index is 2.02. The van der Waals surface area contributed by atoms with Crippen molar-refractivity contribution in [3.05, 3.63) is 35.4 Å². The van der Waals surface area contributed by atoms with E-state index in [0.717, 1.165) is 17.7 Å². The first-order chi connectivity index (χ1) is 9.91. The van der Waals surface area contributed by atoms with Crippen molar-refractivity contribution in [2.45, 2.75) is 56.5 Å². The molecule has 1 saturated heterocycles. The maximum absolute atomic E-state index is 12.6. The number of hydrogen-bond acceptors (Lipinski definition) is 3. The highest BCUT2D eigenvalue weighted by atomic mass is 32.2. The summed E-state index contributed by atoms with van der Waals surface area (Å²) in [7, 11) is 0. The summed E-state index contributed by atoms with van der Waals surface area (Å²) in [5, 5.41) is 0.696. The van der Waals surface area contributed by atoms with Crippen molar-refractivity contribution in [1.82, 2.24) is 0 Å². The highest BCUT2D eigenvalue weighted by Crippen LogP contribution is 2.34. The van der Waals surface area contributed by atoms with E-state index in [4.69, 9.17) is 0 Å². The van der Waals surface area contributed by atoms with Crippen molar-refractivity contribution < 1.29 is 4.79 Å². The number of benzene rings is 1. The molecule has 1 nitrogen and oxygen atoms in total. The number of hydrogen-bond donors (Lipinski definition) is 0. The lowest BCUT2D eigenvalue weighted by atomic mass is 9.86. The molecule has 1 aliphatic rings. The van der Waals surface area contributed by atoms with Crippen molar-refractivity contribution in [1.29, 1.82) is 0 Å². The lowest BCUT2D eigenvalue weighted by molar-refractivity contribution is -0.117. The minimum absolute atomic E-state index is 0.172. The summed E-state index contributed by atoms with van der Waals surface area (Å²) in [5.41, 5.74) is 2.65. The fourth-order valence-electron chi connectivity index (χ4n) is 2.63. The number of Topliss-reactive ketones (excluding diaryl/α,β-unsaturated/α-hetero) is 1. The third kappa shape index (κ3) is 4.53. The molecule has 0 bridgehead atoms. The van der Waals surface area contributed by atoms with Gasteiger partial charge in [-0.25, -0.2) is 0 Å². The summed E-state index contributed by atoms with van der Waals surface area (Å²) >= 11 is 3.83. The van der Waals surface area contributed by atoms with Gasteiger partial charge in [-0.15, -0.1) is 11.8 Å². The van der Waals surface area contributed by atoms with Crippen LogP contribution < -0.4 is 0 Å². The average Bonchev–Trinajstić information content (AvgIpc) is 2.46. The van der Waals surface area contributed by atoms with Crippen LogP contribution in [-0.2, 0) is 16.6 Å². The molecule has 0 amide bonds. The lowest BCUT2D eigenvalue weighted by Gasteiger charge is -2.28. The molecule has 0 radical (unpaired) electrons. The van der Waals surface area contributed by atoms with Gasteiger partial charge < -0.3 is 0 Å². The molecule has 116 valence electrons. The van der Waals surface area contributed by atoms with Gasteiger partial charge in [0.05, 0.1) is 5.25 Å². The summed E-state index contributed by atoms with van der Waals surface area (Å²) in [6, 6.07) is 8.59. The second kappa shape index (κ2) is 7.23. The standard InChI is InChI=1S/C18H26OS2/c1-5-16-17(21-11-10-20-16)15(19)12-13-6-8-14(9-7-13)18(2,3)4/h6-9,16-17H,5,10-12H2,1-4H3. The molecule has 2 atom stereocenters. The molecule has 1 fully saturated rings. The van der Waals surface area contributed by atoms with Crippen LogP contribution in [-0.4, -0.2) is 27.8 Å². The molecule has 0 spiro atoms. The summed E-state index contributed by atoms with van der Waals surface area (Å²) in [6.45, 7) is 8.85. The van der Waals surface area contributed by atoms with Gasteiger partial charge in [0.2, 0.25) is 0 Å². The molecular formula is C18H26OS2. The first-order valence-electron chi connectivity index (χ1n) is 7.77. The Kier molecular flexibility index (Phi) is 5.84. The Morgan fingerprint density at radius 2 is 1.76 bits per heavy atom. The van der Waals surface area contributed by atoms with Crippen LogP contribution in [0.15, 0.2) is 24.3 Å². The zero-order valence-corrected chi connectivity index (χ0v) is 15.2. The minimum Gasteiger partial charge on any atom is -0.298 e. The van der Waals surface area contributed by atoms with Crippen LogP contribution in [0, 0.1) is 0 Å². The summed E-state index contributed by atoms with van der Waals surface area (Å²) in [4.78, 5) is 12.6. The van der Waals surface area contributed by atoms with Crippen LogP contribution in [0.4, 0.5) is 0 Å². The predicted molar refractivity (Wildman–Crippen MR) is 96.6 cm³/mol. The van der Waals surface area contributed by atoms with Crippen LogP contribution in [0.3, 0.4) is 0 Å². The third-order valence-electron chi connectivity index (χ3n) is 3.97. The van der Waals surface area contributed by atoms with Crippen LogP contribution >= 0.6 is 23.5 Å². The van der Waals surface area contributed by atoms with E-state index in [9.17, 15) is 4.79 Å². The fourth-order valence-corrected chi connectivity index (χ4v) is 5.66. The minimum atomic E-state index is 0.172. The van der Waals surface area contributed by atoms with Gasteiger partial charge in [-0.1, -0.05) is 52.0 Å². The summed E-state index contributed by atoms with van der Waals surface area (Å²) in [6.07, 6.45) is 1.68. The van der Waals surface area contributed by atoms with Crippen molar-refractivity contribution >= 4 is 29.3 Å². The Hall–Kier alpha value is -0.410. The molecule has 3 heteroatoms. The van der Waals surface area contributed by atoms with E-state index in [-0.39, 0.29) is 10.7 Å². The van der Waals surface area contributed by atoms with Crippen LogP contribution in [0.2, 0.25) is 0 Å². The van der Waals surface area contributed by atoms with E-state index in [0.29, 0.717) is 17.5 Å². The van der Waals surface area contributed by atoms with E-state index in [1.54, 1.807) is 0 Å². The SMILES string of the molecule is CCC1SCCSC1C(=O)Cc1ccc(C(C)(C)C)cc1. The number of carbonyl (C=O) groups is 1. The highest BCUT2D eigenvalue weighted by Gasteiger charge is 2.30. The second-order valence-corrected chi connectivity index (χ2v) is 9.30. The molecule has 0 N–H and O–H groups in total. The molecule has 0 aliphatic carbocycles. The Morgan fingerprint density at radius 3 is 2.33 bits per heavy atom.